The Balaban J connectivity index is 1.35. The van der Waals surface area contributed by atoms with E-state index >= 15 is 0 Å². The van der Waals surface area contributed by atoms with E-state index in [1.807, 2.05) is 28.5 Å². The van der Waals surface area contributed by atoms with Crippen LogP contribution in [0.25, 0.3) is 5.65 Å². The van der Waals surface area contributed by atoms with Crippen LogP contribution in [0.3, 0.4) is 0 Å². The molecular weight excluding hydrogens is 328 g/mol. The molecule has 7 heteroatoms. The predicted octanol–water partition coefficient (Wildman–Crippen LogP) is 1.87. The van der Waals surface area contributed by atoms with Crippen LogP contribution in [0.15, 0.2) is 12.1 Å². The first-order valence-corrected chi connectivity index (χ1v) is 9.77. The molecule has 4 rings (SSSR count). The Bertz CT molecular complexity index is 779. The van der Waals surface area contributed by atoms with Crippen LogP contribution in [0, 0.1) is 12.8 Å². The normalized spacial score (nSPS) is 22.8. The zero-order valence-electron chi connectivity index (χ0n) is 15.8. The van der Waals surface area contributed by atoms with Crippen LogP contribution < -0.4 is 0 Å². The summed E-state index contributed by atoms with van der Waals surface area (Å²) in [6.45, 7) is 8.82. The zero-order valence-corrected chi connectivity index (χ0v) is 15.8. The fraction of sp³-hybridized carbons (Fsp3) is 0.684. The maximum atomic E-state index is 11.6. The van der Waals surface area contributed by atoms with Gasteiger partial charge in [0.25, 0.3) is 0 Å². The lowest BCUT2D eigenvalue weighted by Crippen LogP contribution is -2.44. The monoisotopic (exact) mass is 356 g/mol. The summed E-state index contributed by atoms with van der Waals surface area (Å²) in [6.07, 6.45) is 4.57. The van der Waals surface area contributed by atoms with E-state index in [0.29, 0.717) is 11.8 Å². The molecule has 1 unspecified atom stereocenters. The van der Waals surface area contributed by atoms with Crippen molar-refractivity contribution in [2.45, 2.75) is 45.4 Å². The first-order chi connectivity index (χ1) is 12.6. The number of carbonyl (C=O) groups excluding carboxylic acids is 1. The SMILES string of the molecule is CC(=O)N1CCCC(CN2CCC(c3nnc4ccc(C)nn34)CC2)C1. The van der Waals surface area contributed by atoms with Gasteiger partial charge in [-0.25, -0.2) is 0 Å². The van der Waals surface area contributed by atoms with E-state index in [1.165, 1.54) is 6.42 Å². The predicted molar refractivity (Wildman–Crippen MR) is 98.9 cm³/mol. The topological polar surface area (TPSA) is 66.6 Å². The standard InChI is InChI=1S/C19H28N6O/c1-14-5-6-18-20-21-19(25(18)22-14)17-7-10-23(11-8-17)12-16-4-3-9-24(13-16)15(2)26/h5-6,16-17H,3-4,7-13H2,1-2H3. The molecule has 0 saturated carbocycles. The van der Waals surface area contributed by atoms with E-state index in [4.69, 9.17) is 0 Å². The molecule has 7 nitrogen and oxygen atoms in total. The third kappa shape index (κ3) is 3.58. The molecule has 0 radical (unpaired) electrons. The molecule has 26 heavy (non-hydrogen) atoms. The van der Waals surface area contributed by atoms with Crippen molar-refractivity contribution in [3.63, 3.8) is 0 Å². The van der Waals surface area contributed by atoms with Crippen LogP contribution in [0.1, 0.15) is 50.0 Å². The van der Waals surface area contributed by atoms with Crippen molar-refractivity contribution in [2.75, 3.05) is 32.7 Å². The Hall–Kier alpha value is -2.02. The molecule has 2 aromatic rings. The van der Waals surface area contributed by atoms with Gasteiger partial charge in [0.2, 0.25) is 5.91 Å². The van der Waals surface area contributed by atoms with Gasteiger partial charge >= 0.3 is 0 Å². The molecule has 0 bridgehead atoms. The lowest BCUT2D eigenvalue weighted by molar-refractivity contribution is -0.130. The Kier molecular flexibility index (Phi) is 4.89. The summed E-state index contributed by atoms with van der Waals surface area (Å²) in [7, 11) is 0. The fourth-order valence-corrected chi connectivity index (χ4v) is 4.39. The molecule has 2 aromatic heterocycles. The Labute approximate surface area is 154 Å². The minimum absolute atomic E-state index is 0.217. The molecule has 0 aromatic carbocycles. The van der Waals surface area contributed by atoms with Crippen LogP contribution in [-0.4, -0.2) is 68.2 Å². The van der Waals surface area contributed by atoms with Gasteiger partial charge in [-0.3, -0.25) is 4.79 Å². The van der Waals surface area contributed by atoms with Crippen molar-refractivity contribution in [3.05, 3.63) is 23.7 Å². The van der Waals surface area contributed by atoms with Crippen molar-refractivity contribution in [1.29, 1.82) is 0 Å². The van der Waals surface area contributed by atoms with E-state index in [0.717, 1.165) is 69.2 Å². The highest BCUT2D eigenvalue weighted by Crippen LogP contribution is 2.28. The average molecular weight is 356 g/mol. The van der Waals surface area contributed by atoms with E-state index in [-0.39, 0.29) is 5.91 Å². The van der Waals surface area contributed by atoms with Crippen molar-refractivity contribution in [1.82, 2.24) is 29.6 Å². The van der Waals surface area contributed by atoms with Crippen LogP contribution in [0.4, 0.5) is 0 Å². The molecule has 0 N–H and O–H groups in total. The number of piperidine rings is 2. The molecule has 2 aliphatic heterocycles. The van der Waals surface area contributed by atoms with Crippen molar-refractivity contribution >= 4 is 11.6 Å². The number of amides is 1. The highest BCUT2D eigenvalue weighted by atomic mass is 16.2. The Morgan fingerprint density at radius 2 is 1.96 bits per heavy atom. The minimum atomic E-state index is 0.217. The van der Waals surface area contributed by atoms with Gasteiger partial charge in [0.05, 0.1) is 5.69 Å². The van der Waals surface area contributed by atoms with Gasteiger partial charge in [-0.15, -0.1) is 10.2 Å². The largest absolute Gasteiger partial charge is 0.343 e. The first kappa shape index (κ1) is 17.4. The zero-order chi connectivity index (χ0) is 18.1. The minimum Gasteiger partial charge on any atom is -0.343 e. The van der Waals surface area contributed by atoms with Gasteiger partial charge in [-0.1, -0.05) is 0 Å². The Morgan fingerprint density at radius 3 is 2.73 bits per heavy atom. The van der Waals surface area contributed by atoms with Gasteiger partial charge in [0, 0.05) is 32.5 Å². The summed E-state index contributed by atoms with van der Waals surface area (Å²) >= 11 is 0. The second-order valence-electron chi connectivity index (χ2n) is 7.85. The van der Waals surface area contributed by atoms with E-state index in [2.05, 4.69) is 20.2 Å². The molecule has 2 saturated heterocycles. The van der Waals surface area contributed by atoms with Gasteiger partial charge in [0.1, 0.15) is 0 Å². The van der Waals surface area contributed by atoms with Crippen molar-refractivity contribution < 1.29 is 4.79 Å². The molecule has 1 atom stereocenters. The number of likely N-dealkylation sites (tertiary alicyclic amines) is 2. The maximum absolute atomic E-state index is 11.6. The second-order valence-corrected chi connectivity index (χ2v) is 7.85. The second kappa shape index (κ2) is 7.31. The number of hydrogen-bond donors (Lipinski definition) is 0. The number of carbonyl (C=O) groups is 1. The third-order valence-corrected chi connectivity index (χ3v) is 5.85. The van der Waals surface area contributed by atoms with Crippen LogP contribution in [-0.2, 0) is 4.79 Å². The first-order valence-electron chi connectivity index (χ1n) is 9.77. The van der Waals surface area contributed by atoms with E-state index in [9.17, 15) is 4.79 Å². The number of hydrogen-bond acceptors (Lipinski definition) is 5. The molecule has 4 heterocycles. The summed E-state index contributed by atoms with van der Waals surface area (Å²) in [6, 6.07) is 3.96. The number of nitrogens with zero attached hydrogens (tertiary/aromatic N) is 6. The highest BCUT2D eigenvalue weighted by Gasteiger charge is 2.28. The fourth-order valence-electron chi connectivity index (χ4n) is 4.39. The van der Waals surface area contributed by atoms with Crippen LogP contribution >= 0.6 is 0 Å². The summed E-state index contributed by atoms with van der Waals surface area (Å²) < 4.78 is 1.92. The average Bonchev–Trinajstić information content (AvgIpc) is 3.05. The Morgan fingerprint density at radius 1 is 1.15 bits per heavy atom. The lowest BCUT2D eigenvalue weighted by atomic mass is 9.93. The molecule has 2 fully saturated rings. The summed E-state index contributed by atoms with van der Waals surface area (Å²) in [5, 5.41) is 13.3. The number of fused-ring (bicyclic) bond motifs is 1. The van der Waals surface area contributed by atoms with Gasteiger partial charge in [-0.05, 0) is 63.7 Å². The van der Waals surface area contributed by atoms with Gasteiger partial charge in [-0.2, -0.15) is 9.61 Å². The quantitative estimate of drug-likeness (QED) is 0.840. The molecule has 140 valence electrons. The molecular formula is C19H28N6O. The number of aryl methyl sites for hydroxylation is 1. The van der Waals surface area contributed by atoms with Crippen molar-refractivity contribution in [2.24, 2.45) is 5.92 Å². The van der Waals surface area contributed by atoms with E-state index in [1.54, 1.807) is 6.92 Å². The molecule has 0 aliphatic carbocycles. The summed E-state index contributed by atoms with van der Waals surface area (Å²) in [4.78, 5) is 16.2. The van der Waals surface area contributed by atoms with E-state index < -0.39 is 0 Å². The smallest absolute Gasteiger partial charge is 0.219 e. The summed E-state index contributed by atoms with van der Waals surface area (Å²) in [5.74, 6) is 2.26. The van der Waals surface area contributed by atoms with Crippen LogP contribution in [0.2, 0.25) is 0 Å². The van der Waals surface area contributed by atoms with Gasteiger partial charge in [0.15, 0.2) is 11.5 Å². The lowest BCUT2D eigenvalue weighted by Gasteiger charge is -2.37. The number of rotatable bonds is 3. The third-order valence-electron chi connectivity index (χ3n) is 5.85. The molecule has 0 spiro atoms. The summed E-state index contributed by atoms with van der Waals surface area (Å²) in [5.41, 5.74) is 1.82. The molecule has 2 aliphatic rings. The number of aromatic nitrogens is 4. The highest BCUT2D eigenvalue weighted by molar-refractivity contribution is 5.73. The van der Waals surface area contributed by atoms with Gasteiger partial charge < -0.3 is 9.80 Å². The van der Waals surface area contributed by atoms with Crippen LogP contribution in [0.5, 0.6) is 0 Å². The molecule has 1 amide bonds. The van der Waals surface area contributed by atoms with Crippen molar-refractivity contribution in [3.8, 4) is 0 Å². The maximum Gasteiger partial charge on any atom is 0.219 e.